The number of hydrogen-bond acceptors (Lipinski definition) is 4. The van der Waals surface area contributed by atoms with Crippen LogP contribution in [0.4, 0.5) is 5.69 Å². The average molecular weight is 302 g/mol. The Morgan fingerprint density at radius 1 is 1.45 bits per heavy atom. The van der Waals surface area contributed by atoms with E-state index in [2.05, 4.69) is 5.32 Å². The number of hydrogen-bond donors (Lipinski definition) is 2. The van der Waals surface area contributed by atoms with Gasteiger partial charge >= 0.3 is 0 Å². The van der Waals surface area contributed by atoms with Gasteiger partial charge < -0.3 is 11.1 Å². The smallest absolute Gasteiger partial charge is 0.273 e. The zero-order valence-electron chi connectivity index (χ0n) is 11.8. The van der Waals surface area contributed by atoms with E-state index in [4.69, 9.17) is 5.73 Å². The fourth-order valence-corrected chi connectivity index (χ4v) is 1.60. The lowest BCUT2D eigenvalue weighted by atomic mass is 10.0. The molecule has 3 N–H and O–H groups in total. The molecule has 1 rings (SSSR count). The maximum Gasteiger partial charge on any atom is 0.273 e. The third-order valence-corrected chi connectivity index (χ3v) is 2.89. The molecule has 0 radical (unpaired) electrons. The lowest BCUT2D eigenvalue weighted by molar-refractivity contribution is -0.385. The summed E-state index contributed by atoms with van der Waals surface area (Å²) in [6.07, 6.45) is 0.548. The summed E-state index contributed by atoms with van der Waals surface area (Å²) < 4.78 is 0. The molecule has 0 atom stereocenters. The van der Waals surface area contributed by atoms with Gasteiger partial charge in [0.25, 0.3) is 11.6 Å². The van der Waals surface area contributed by atoms with Crippen LogP contribution in [0.5, 0.6) is 0 Å². The molecular formula is C13H20ClN3O3. The van der Waals surface area contributed by atoms with E-state index in [1.807, 2.05) is 6.92 Å². The molecule has 1 aromatic carbocycles. The van der Waals surface area contributed by atoms with Crippen LogP contribution in [-0.4, -0.2) is 22.9 Å². The molecule has 7 heteroatoms. The third kappa shape index (κ3) is 4.47. The van der Waals surface area contributed by atoms with E-state index in [9.17, 15) is 14.9 Å². The molecule has 0 aliphatic rings. The molecule has 112 valence electrons. The normalized spacial score (nSPS) is 10.6. The Morgan fingerprint density at radius 3 is 2.50 bits per heavy atom. The first-order chi connectivity index (χ1) is 8.80. The van der Waals surface area contributed by atoms with E-state index in [1.165, 1.54) is 6.07 Å². The predicted molar refractivity (Wildman–Crippen MR) is 80.3 cm³/mol. The second kappa shape index (κ2) is 7.21. The van der Waals surface area contributed by atoms with Crippen LogP contribution in [0.25, 0.3) is 0 Å². The Kier molecular flexibility index (Phi) is 6.61. The number of carbonyl (C=O) groups excluding carboxylic acids is 1. The number of aryl methyl sites for hydroxylation is 1. The number of rotatable bonds is 5. The van der Waals surface area contributed by atoms with Crippen molar-refractivity contribution in [1.82, 2.24) is 5.32 Å². The molecule has 1 amide bonds. The summed E-state index contributed by atoms with van der Waals surface area (Å²) in [5.74, 6) is -0.360. The van der Waals surface area contributed by atoms with Crippen LogP contribution in [0.3, 0.4) is 0 Å². The Labute approximate surface area is 124 Å². The minimum Gasteiger partial charge on any atom is -0.346 e. The Bertz CT molecular complexity index is 504. The maximum absolute atomic E-state index is 12.0. The summed E-state index contributed by atoms with van der Waals surface area (Å²) >= 11 is 0. The van der Waals surface area contributed by atoms with Gasteiger partial charge in [0, 0.05) is 29.3 Å². The van der Waals surface area contributed by atoms with Gasteiger partial charge in [0.2, 0.25) is 0 Å². The number of amides is 1. The second-order valence-electron chi connectivity index (χ2n) is 5.00. The molecule has 6 nitrogen and oxygen atoms in total. The van der Waals surface area contributed by atoms with Crippen molar-refractivity contribution in [3.63, 3.8) is 0 Å². The van der Waals surface area contributed by atoms with Gasteiger partial charge in [-0.2, -0.15) is 0 Å². The number of nitro groups is 1. The molecule has 20 heavy (non-hydrogen) atoms. The van der Waals surface area contributed by atoms with Crippen LogP contribution in [0.1, 0.15) is 36.7 Å². The lowest BCUT2D eigenvalue weighted by Crippen LogP contribution is -2.48. The Balaban J connectivity index is 0.00000361. The summed E-state index contributed by atoms with van der Waals surface area (Å²) in [5.41, 5.74) is 5.84. The predicted octanol–water partition coefficient (Wildman–Crippen LogP) is 2.05. The topological polar surface area (TPSA) is 98.3 Å². The first kappa shape index (κ1) is 18.3. The van der Waals surface area contributed by atoms with E-state index in [0.29, 0.717) is 12.0 Å². The van der Waals surface area contributed by atoms with Crippen molar-refractivity contribution in [2.45, 2.75) is 32.7 Å². The molecule has 0 fully saturated rings. The van der Waals surface area contributed by atoms with Crippen LogP contribution in [0, 0.1) is 10.1 Å². The number of nitrogens with zero attached hydrogens (tertiary/aromatic N) is 1. The van der Waals surface area contributed by atoms with Gasteiger partial charge in [-0.1, -0.05) is 13.0 Å². The Hall–Kier alpha value is -1.66. The van der Waals surface area contributed by atoms with Gasteiger partial charge in [0.1, 0.15) is 0 Å². The van der Waals surface area contributed by atoms with Crippen LogP contribution < -0.4 is 11.1 Å². The summed E-state index contributed by atoms with van der Waals surface area (Å²) in [7, 11) is 0. The second-order valence-corrected chi connectivity index (χ2v) is 5.00. The maximum atomic E-state index is 12.0. The van der Waals surface area contributed by atoms with Gasteiger partial charge in [-0.3, -0.25) is 14.9 Å². The first-order valence-electron chi connectivity index (χ1n) is 6.10. The van der Waals surface area contributed by atoms with Gasteiger partial charge in [-0.25, -0.2) is 0 Å². The fraction of sp³-hybridized carbons (Fsp3) is 0.462. The highest BCUT2D eigenvalue weighted by Gasteiger charge is 2.21. The summed E-state index contributed by atoms with van der Waals surface area (Å²) in [5, 5.41) is 13.7. The number of carbonyl (C=O) groups is 1. The zero-order valence-corrected chi connectivity index (χ0v) is 12.6. The number of nitrogens with one attached hydrogen (secondary N) is 1. The van der Waals surface area contributed by atoms with Crippen molar-refractivity contribution in [3.05, 3.63) is 39.4 Å². The van der Waals surface area contributed by atoms with Crippen molar-refractivity contribution in [3.8, 4) is 0 Å². The highest BCUT2D eigenvalue weighted by molar-refractivity contribution is 5.95. The van der Waals surface area contributed by atoms with Gasteiger partial charge in [-0.15, -0.1) is 12.4 Å². The van der Waals surface area contributed by atoms with E-state index >= 15 is 0 Å². The molecular weight excluding hydrogens is 282 g/mol. The van der Waals surface area contributed by atoms with E-state index < -0.39 is 10.5 Å². The van der Waals surface area contributed by atoms with Crippen molar-refractivity contribution in [2.24, 2.45) is 5.73 Å². The number of halogens is 1. The van der Waals surface area contributed by atoms with Gasteiger partial charge in [0.15, 0.2) is 0 Å². The minimum absolute atomic E-state index is 0. The number of benzene rings is 1. The van der Waals surface area contributed by atoms with Crippen LogP contribution >= 0.6 is 12.4 Å². The molecule has 1 aromatic rings. The zero-order chi connectivity index (χ0) is 14.6. The quantitative estimate of drug-likeness (QED) is 0.642. The van der Waals surface area contributed by atoms with Crippen LogP contribution in [0.2, 0.25) is 0 Å². The average Bonchev–Trinajstić information content (AvgIpc) is 2.37. The molecule has 0 saturated carbocycles. The highest BCUT2D eigenvalue weighted by Crippen LogP contribution is 2.21. The third-order valence-electron chi connectivity index (χ3n) is 2.89. The molecule has 0 spiro atoms. The molecule has 0 aliphatic heterocycles. The van der Waals surface area contributed by atoms with Crippen LogP contribution in [-0.2, 0) is 6.42 Å². The van der Waals surface area contributed by atoms with Crippen LogP contribution in [0.15, 0.2) is 18.2 Å². The van der Waals surface area contributed by atoms with Gasteiger partial charge in [0.05, 0.1) is 4.92 Å². The van der Waals surface area contributed by atoms with E-state index in [-0.39, 0.29) is 36.1 Å². The van der Waals surface area contributed by atoms with E-state index in [1.54, 1.807) is 26.0 Å². The Morgan fingerprint density at radius 2 is 2.05 bits per heavy atom. The van der Waals surface area contributed by atoms with E-state index in [0.717, 1.165) is 0 Å². The first-order valence-corrected chi connectivity index (χ1v) is 6.10. The van der Waals surface area contributed by atoms with Crippen molar-refractivity contribution < 1.29 is 9.72 Å². The SMILES string of the molecule is CCc1ccc(C(=O)NC(C)(C)CN)cc1[N+](=O)[O-].Cl. The molecule has 0 aromatic heterocycles. The van der Waals surface area contributed by atoms with Gasteiger partial charge in [-0.05, 0) is 26.3 Å². The largest absolute Gasteiger partial charge is 0.346 e. The summed E-state index contributed by atoms with van der Waals surface area (Å²) in [6, 6.07) is 4.51. The molecule has 0 bridgehead atoms. The molecule has 0 aliphatic carbocycles. The standard InChI is InChI=1S/C13H19N3O3.ClH/c1-4-9-5-6-10(7-11(9)16(18)19)12(17)15-13(2,3)8-14;/h5-7H,4,8,14H2,1-3H3,(H,15,17);1H. The highest BCUT2D eigenvalue weighted by atomic mass is 35.5. The summed E-state index contributed by atoms with van der Waals surface area (Å²) in [4.78, 5) is 22.5. The monoisotopic (exact) mass is 301 g/mol. The molecule has 0 saturated heterocycles. The fourth-order valence-electron chi connectivity index (χ4n) is 1.60. The van der Waals surface area contributed by atoms with Crippen molar-refractivity contribution >= 4 is 24.0 Å². The number of nitrogens with two attached hydrogens (primary N) is 1. The summed E-state index contributed by atoms with van der Waals surface area (Å²) in [6.45, 7) is 5.70. The van der Waals surface area contributed by atoms with Crippen molar-refractivity contribution in [2.75, 3.05) is 6.54 Å². The molecule has 0 unspecified atom stereocenters. The lowest BCUT2D eigenvalue weighted by Gasteiger charge is -2.24. The van der Waals surface area contributed by atoms with Crippen molar-refractivity contribution in [1.29, 1.82) is 0 Å². The minimum atomic E-state index is -0.546. The number of nitro benzene ring substituents is 1. The molecule has 0 heterocycles.